The molecule has 0 radical (unpaired) electrons. The number of hydrogen-bond donors (Lipinski definition) is 2. The molecule has 0 bridgehead atoms. The van der Waals surface area contributed by atoms with Crippen LogP contribution in [0, 0.1) is 0 Å². The summed E-state index contributed by atoms with van der Waals surface area (Å²) in [6, 6.07) is 5.31. The normalized spacial score (nSPS) is 18.2. The lowest BCUT2D eigenvalue weighted by molar-refractivity contribution is -0.0906. The monoisotopic (exact) mass is 387 g/mol. The number of carbonyl (C=O) groups is 2. The van der Waals surface area contributed by atoms with Crippen LogP contribution in [0.25, 0.3) is 0 Å². The smallest absolute Gasteiger partial charge is 0.345 e. The van der Waals surface area contributed by atoms with Crippen LogP contribution in [0.5, 0.6) is 0 Å². The topological polar surface area (TPSA) is 91.8 Å². The number of anilines is 1. The van der Waals surface area contributed by atoms with E-state index in [9.17, 15) is 14.7 Å². The number of carbonyl (C=O) groups excluding carboxylic acids is 1. The molecular weight excluding hydrogens is 366 g/mol. The number of likely N-dealkylation sites (tertiary alicyclic amines) is 1. The summed E-state index contributed by atoms with van der Waals surface area (Å²) in [6.07, 6.45) is 3.73. The van der Waals surface area contributed by atoms with Gasteiger partial charge in [0, 0.05) is 31.2 Å². The summed E-state index contributed by atoms with van der Waals surface area (Å²) in [5.41, 5.74) is 1.17. The van der Waals surface area contributed by atoms with E-state index in [1.165, 1.54) is 11.3 Å². The second-order valence-corrected chi connectivity index (χ2v) is 7.86. The Morgan fingerprint density at radius 3 is 2.85 bits per heavy atom. The number of fused-ring (bicyclic) bond motifs is 2. The van der Waals surface area contributed by atoms with E-state index < -0.39 is 11.6 Å². The second kappa shape index (κ2) is 6.94. The van der Waals surface area contributed by atoms with Gasteiger partial charge in [-0.15, -0.1) is 11.3 Å². The van der Waals surface area contributed by atoms with Crippen molar-refractivity contribution < 1.29 is 19.4 Å². The molecule has 4 rings (SSSR count). The van der Waals surface area contributed by atoms with Gasteiger partial charge in [0.1, 0.15) is 16.3 Å². The van der Waals surface area contributed by atoms with Crippen molar-refractivity contribution in [1.82, 2.24) is 9.88 Å². The van der Waals surface area contributed by atoms with Gasteiger partial charge < -0.3 is 20.1 Å². The number of ether oxygens (including phenoxy) is 1. The molecular formula is C19H21N3O4S. The minimum Gasteiger partial charge on any atom is -0.477 e. The molecule has 1 fully saturated rings. The van der Waals surface area contributed by atoms with Gasteiger partial charge in [0.05, 0.1) is 12.2 Å². The molecule has 1 saturated heterocycles. The van der Waals surface area contributed by atoms with E-state index in [1.807, 2.05) is 4.90 Å². The van der Waals surface area contributed by atoms with E-state index in [1.54, 1.807) is 31.4 Å². The highest BCUT2D eigenvalue weighted by atomic mass is 32.1. The van der Waals surface area contributed by atoms with Crippen LogP contribution < -0.4 is 5.32 Å². The average Bonchev–Trinajstić information content (AvgIpc) is 3.14. The summed E-state index contributed by atoms with van der Waals surface area (Å²) >= 11 is 1.31. The predicted molar refractivity (Wildman–Crippen MR) is 102 cm³/mol. The first-order chi connectivity index (χ1) is 13.0. The van der Waals surface area contributed by atoms with Gasteiger partial charge in [-0.3, -0.25) is 4.79 Å². The maximum absolute atomic E-state index is 12.9. The van der Waals surface area contributed by atoms with Gasteiger partial charge in [0.2, 0.25) is 0 Å². The number of pyridine rings is 1. The zero-order chi connectivity index (χ0) is 19.0. The number of rotatable bonds is 3. The predicted octanol–water partition coefficient (Wildman–Crippen LogP) is 2.59. The molecule has 1 spiro atoms. The number of carboxylic acids is 1. The van der Waals surface area contributed by atoms with Gasteiger partial charge in [-0.2, -0.15) is 0 Å². The van der Waals surface area contributed by atoms with Gasteiger partial charge in [-0.05, 0) is 43.0 Å². The van der Waals surface area contributed by atoms with Crippen LogP contribution in [0.15, 0.2) is 24.4 Å². The van der Waals surface area contributed by atoms with Crippen molar-refractivity contribution in [1.29, 1.82) is 0 Å². The molecule has 2 aliphatic rings. The number of aromatic carboxylic acids is 1. The highest BCUT2D eigenvalue weighted by Gasteiger charge is 2.43. The van der Waals surface area contributed by atoms with Crippen molar-refractivity contribution in [3.05, 3.63) is 45.3 Å². The molecule has 4 heterocycles. The summed E-state index contributed by atoms with van der Waals surface area (Å²) in [6.45, 7) is 1.72. The minimum atomic E-state index is -0.895. The van der Waals surface area contributed by atoms with Gasteiger partial charge >= 0.3 is 5.97 Å². The third-order valence-corrected chi connectivity index (χ3v) is 6.67. The molecule has 0 unspecified atom stereocenters. The fraction of sp³-hybridized carbons (Fsp3) is 0.421. The van der Waals surface area contributed by atoms with E-state index >= 15 is 0 Å². The van der Waals surface area contributed by atoms with E-state index in [0.717, 1.165) is 16.9 Å². The van der Waals surface area contributed by atoms with Crippen LogP contribution in [-0.4, -0.2) is 53.6 Å². The maximum Gasteiger partial charge on any atom is 0.345 e. The summed E-state index contributed by atoms with van der Waals surface area (Å²) < 4.78 is 6.16. The third-order valence-electron chi connectivity index (χ3n) is 5.32. The number of amides is 1. The fourth-order valence-electron chi connectivity index (χ4n) is 3.92. The zero-order valence-electron chi connectivity index (χ0n) is 15.0. The Morgan fingerprint density at radius 2 is 2.15 bits per heavy atom. The number of nitrogens with one attached hydrogen (secondary N) is 1. The summed E-state index contributed by atoms with van der Waals surface area (Å²) in [7, 11) is 1.75. The first-order valence-corrected chi connectivity index (χ1v) is 9.78. The lowest BCUT2D eigenvalue weighted by atomic mass is 9.85. The molecule has 7 nitrogen and oxygen atoms in total. The van der Waals surface area contributed by atoms with Crippen LogP contribution in [-0.2, 0) is 16.8 Å². The van der Waals surface area contributed by atoms with Crippen molar-refractivity contribution in [3.63, 3.8) is 0 Å². The van der Waals surface area contributed by atoms with E-state index in [4.69, 9.17) is 4.74 Å². The molecule has 2 aromatic rings. The number of thiophene rings is 1. The number of hydrogen-bond acceptors (Lipinski definition) is 6. The van der Waals surface area contributed by atoms with Crippen LogP contribution in [0.4, 0.5) is 5.82 Å². The van der Waals surface area contributed by atoms with Crippen LogP contribution in [0.1, 0.15) is 43.3 Å². The molecule has 0 aliphatic carbocycles. The van der Waals surface area contributed by atoms with Crippen molar-refractivity contribution in [3.8, 4) is 0 Å². The number of nitrogens with zero attached hydrogens (tertiary/aromatic N) is 2. The van der Waals surface area contributed by atoms with Gasteiger partial charge in [-0.25, -0.2) is 9.78 Å². The summed E-state index contributed by atoms with van der Waals surface area (Å²) in [5, 5.41) is 12.3. The van der Waals surface area contributed by atoms with E-state index in [-0.39, 0.29) is 5.91 Å². The van der Waals surface area contributed by atoms with Crippen molar-refractivity contribution in [2.24, 2.45) is 0 Å². The number of carboxylic acid groups (broad SMARTS) is 1. The Balaban J connectivity index is 1.54. The first kappa shape index (κ1) is 17.9. The molecule has 0 aromatic carbocycles. The first-order valence-electron chi connectivity index (χ1n) is 8.96. The third kappa shape index (κ3) is 3.08. The number of aromatic nitrogens is 1. The molecule has 8 heteroatoms. The highest BCUT2D eigenvalue weighted by molar-refractivity contribution is 7.14. The Hall–Kier alpha value is -2.45. The molecule has 2 aromatic heterocycles. The molecule has 142 valence electrons. The molecule has 2 aliphatic heterocycles. The lowest BCUT2D eigenvalue weighted by Gasteiger charge is -2.43. The summed E-state index contributed by atoms with van der Waals surface area (Å²) in [5.74, 6) is -0.368. The Kier molecular flexibility index (Phi) is 4.61. The quantitative estimate of drug-likeness (QED) is 0.841. The van der Waals surface area contributed by atoms with Crippen molar-refractivity contribution in [2.45, 2.75) is 24.9 Å². The number of piperidine rings is 1. The van der Waals surface area contributed by atoms with E-state index in [0.29, 0.717) is 48.8 Å². The molecule has 0 atom stereocenters. The SMILES string of the molecule is CNc1ncccc1C(=O)N1CCC2(CC1)OCCc1cc(C(=O)O)sc12. The molecule has 1 amide bonds. The minimum absolute atomic E-state index is 0.0456. The van der Waals surface area contributed by atoms with Crippen molar-refractivity contribution in [2.75, 3.05) is 32.1 Å². The standard InChI is InChI=1S/C19H21N3O4S/c1-20-16-13(3-2-7-21-16)17(23)22-8-5-19(6-9-22)15-12(4-10-26-19)11-14(27-15)18(24)25/h2-3,7,11H,4-6,8-10H2,1H3,(H,20,21)(H,24,25). The Bertz CT molecular complexity index is 887. The lowest BCUT2D eigenvalue weighted by Crippen LogP contribution is -2.48. The Labute approximate surface area is 161 Å². The molecule has 27 heavy (non-hydrogen) atoms. The van der Waals surface area contributed by atoms with Gasteiger partial charge in [-0.1, -0.05) is 0 Å². The maximum atomic E-state index is 12.9. The fourth-order valence-corrected chi connectivity index (χ4v) is 5.17. The van der Waals surface area contributed by atoms with Gasteiger partial charge in [0.15, 0.2) is 0 Å². The summed E-state index contributed by atoms with van der Waals surface area (Å²) in [4.78, 5) is 31.7. The van der Waals surface area contributed by atoms with E-state index in [2.05, 4.69) is 10.3 Å². The zero-order valence-corrected chi connectivity index (χ0v) is 15.8. The Morgan fingerprint density at radius 1 is 1.37 bits per heavy atom. The van der Waals surface area contributed by atoms with Crippen LogP contribution >= 0.6 is 11.3 Å². The highest BCUT2D eigenvalue weighted by Crippen LogP contribution is 2.45. The van der Waals surface area contributed by atoms with Crippen LogP contribution in [0.2, 0.25) is 0 Å². The van der Waals surface area contributed by atoms with Crippen LogP contribution in [0.3, 0.4) is 0 Å². The second-order valence-electron chi connectivity index (χ2n) is 6.80. The van der Waals surface area contributed by atoms with Gasteiger partial charge in [0.25, 0.3) is 5.91 Å². The molecule has 2 N–H and O–H groups in total. The van der Waals surface area contributed by atoms with Crippen molar-refractivity contribution >= 4 is 29.0 Å². The average molecular weight is 387 g/mol. The largest absolute Gasteiger partial charge is 0.477 e. The molecule has 0 saturated carbocycles.